The molecule has 1 aliphatic carbocycles. The Morgan fingerprint density at radius 3 is 1.49 bits per heavy atom. The zero-order chi connectivity index (χ0) is 43.5. The van der Waals surface area contributed by atoms with E-state index in [9.17, 15) is 0 Å². The fourth-order valence-electron chi connectivity index (χ4n) is 10.2. The molecule has 10 aromatic carbocycles. The molecule has 0 atom stereocenters. The van der Waals surface area contributed by atoms with Gasteiger partial charge in [-0.15, -0.1) is 0 Å². The molecule has 10 aromatic rings. The first-order valence-electron chi connectivity index (χ1n) is 22.5. The molecule has 0 N–H and O–H groups in total. The van der Waals surface area contributed by atoms with Gasteiger partial charge in [0.2, 0.25) is 0 Å². The minimum Gasteiger partial charge on any atom is -0.455 e. The minimum absolute atomic E-state index is 0.123. The third-order valence-corrected chi connectivity index (χ3v) is 13.5. The first kappa shape index (κ1) is 38.5. The van der Waals surface area contributed by atoms with Crippen LogP contribution in [0.25, 0.3) is 77.9 Å². The Bertz CT molecular complexity index is 3390. The molecular formula is C63H45NO. The number of hydrogen-bond acceptors (Lipinski definition) is 2. The van der Waals surface area contributed by atoms with Gasteiger partial charge in [-0.05, 0) is 121 Å². The van der Waals surface area contributed by atoms with Crippen LogP contribution >= 0.6 is 0 Å². The van der Waals surface area contributed by atoms with Crippen molar-refractivity contribution in [3.63, 3.8) is 0 Å². The van der Waals surface area contributed by atoms with E-state index < -0.39 is 0 Å². The van der Waals surface area contributed by atoms with Gasteiger partial charge in [-0.2, -0.15) is 0 Å². The van der Waals surface area contributed by atoms with Crippen molar-refractivity contribution in [1.82, 2.24) is 0 Å². The van der Waals surface area contributed by atoms with Crippen LogP contribution in [0.15, 0.2) is 237 Å². The van der Waals surface area contributed by atoms with Gasteiger partial charge >= 0.3 is 0 Å². The zero-order valence-corrected chi connectivity index (χ0v) is 36.4. The van der Waals surface area contributed by atoms with Crippen LogP contribution in [0.1, 0.15) is 25.0 Å². The van der Waals surface area contributed by atoms with Crippen LogP contribution in [0.4, 0.5) is 17.1 Å². The van der Waals surface area contributed by atoms with E-state index in [4.69, 9.17) is 4.74 Å². The largest absolute Gasteiger partial charge is 0.455 e. The fraction of sp³-hybridized carbons (Fsp3) is 0.0476. The van der Waals surface area contributed by atoms with Crippen LogP contribution in [-0.2, 0) is 5.41 Å². The number of ether oxygens (including phenoxy) is 1. The maximum absolute atomic E-state index is 7.22. The van der Waals surface area contributed by atoms with Gasteiger partial charge in [0.05, 0.1) is 0 Å². The summed E-state index contributed by atoms with van der Waals surface area (Å²) in [6.07, 6.45) is 0. The highest BCUT2D eigenvalue weighted by molar-refractivity contribution is 6.01. The molecule has 308 valence electrons. The van der Waals surface area contributed by atoms with Gasteiger partial charge in [0.1, 0.15) is 11.5 Å². The predicted octanol–water partition coefficient (Wildman–Crippen LogP) is 17.6. The molecule has 0 amide bonds. The van der Waals surface area contributed by atoms with Crippen LogP contribution in [0.5, 0.6) is 11.5 Å². The van der Waals surface area contributed by atoms with Gasteiger partial charge in [0.25, 0.3) is 0 Å². The number of rotatable bonds is 7. The lowest BCUT2D eigenvalue weighted by Gasteiger charge is -2.28. The van der Waals surface area contributed by atoms with Crippen LogP contribution in [0.3, 0.4) is 0 Å². The number of anilines is 3. The van der Waals surface area contributed by atoms with Crippen molar-refractivity contribution in [3.05, 3.63) is 248 Å². The molecule has 2 heteroatoms. The van der Waals surface area contributed by atoms with Gasteiger partial charge in [0.15, 0.2) is 0 Å². The SMILES string of the molecule is CC1(C)c2ccccc2-c2ccc(N(c3ccc(-c4ccccc4)cc3)c3ccc(-c4cccc5c4Oc4cccc(-c6ccccc6)c4-c4cc(-c6ccccc6)ccc4-5)cc3)cc21. The quantitative estimate of drug-likeness (QED) is 0.159. The van der Waals surface area contributed by atoms with Crippen molar-refractivity contribution >= 4 is 17.1 Å². The number of fused-ring (bicyclic) bond motifs is 8. The summed E-state index contributed by atoms with van der Waals surface area (Å²) in [5.41, 5.74) is 22.2. The standard InChI is InChI=1S/C63H45NO/c1-63(2)58-26-13-12-22-54(58)55-39-37-50(41-59(55)63)64(48-33-28-44(29-34-48)42-16-6-3-7-17-42)49-35-30-46(31-36-49)52-24-14-25-56-53-38-32-47(43-18-8-4-9-19-43)40-57(53)61-51(45-20-10-5-11-21-45)23-15-27-60(61)65-62(52)56/h3-41H,1-2H3. The summed E-state index contributed by atoms with van der Waals surface area (Å²) in [5, 5.41) is 0. The molecule has 0 saturated heterocycles. The number of benzene rings is 10. The molecule has 0 aromatic heterocycles. The highest BCUT2D eigenvalue weighted by atomic mass is 16.5. The smallest absolute Gasteiger partial charge is 0.143 e. The molecular weight excluding hydrogens is 787 g/mol. The highest BCUT2D eigenvalue weighted by Gasteiger charge is 2.36. The van der Waals surface area contributed by atoms with E-state index in [-0.39, 0.29) is 5.41 Å². The molecule has 0 saturated carbocycles. The lowest BCUT2D eigenvalue weighted by atomic mass is 9.82. The summed E-state index contributed by atoms with van der Waals surface area (Å²) in [4.78, 5) is 2.39. The molecule has 0 unspecified atom stereocenters. The topological polar surface area (TPSA) is 12.5 Å². The molecule has 2 nitrogen and oxygen atoms in total. The highest BCUT2D eigenvalue weighted by Crippen LogP contribution is 2.54. The van der Waals surface area contributed by atoms with Gasteiger partial charge < -0.3 is 9.64 Å². The van der Waals surface area contributed by atoms with Crippen LogP contribution < -0.4 is 9.64 Å². The van der Waals surface area contributed by atoms with Crippen molar-refractivity contribution in [2.75, 3.05) is 4.90 Å². The van der Waals surface area contributed by atoms with Crippen molar-refractivity contribution in [2.24, 2.45) is 0 Å². The lowest BCUT2D eigenvalue weighted by molar-refractivity contribution is 0.489. The molecule has 0 fully saturated rings. The van der Waals surface area contributed by atoms with Crippen molar-refractivity contribution in [1.29, 1.82) is 0 Å². The predicted molar refractivity (Wildman–Crippen MR) is 271 cm³/mol. The molecule has 12 rings (SSSR count). The van der Waals surface area contributed by atoms with E-state index in [1.165, 1.54) is 44.5 Å². The molecule has 0 radical (unpaired) electrons. The third-order valence-electron chi connectivity index (χ3n) is 13.5. The second kappa shape index (κ2) is 15.6. The van der Waals surface area contributed by atoms with Crippen molar-refractivity contribution in [2.45, 2.75) is 19.3 Å². The average molecular weight is 832 g/mol. The van der Waals surface area contributed by atoms with E-state index in [0.29, 0.717) is 0 Å². The number of nitrogens with zero attached hydrogens (tertiary/aromatic N) is 1. The Kier molecular flexibility index (Phi) is 9.21. The van der Waals surface area contributed by atoms with Gasteiger partial charge in [-0.25, -0.2) is 0 Å². The first-order chi connectivity index (χ1) is 32.0. The van der Waals surface area contributed by atoms with E-state index in [0.717, 1.165) is 73.1 Å². The fourth-order valence-corrected chi connectivity index (χ4v) is 10.2. The molecule has 0 spiro atoms. The number of para-hydroxylation sites is 1. The Labute approximate surface area is 381 Å². The summed E-state index contributed by atoms with van der Waals surface area (Å²) in [6.45, 7) is 4.70. The minimum atomic E-state index is -0.123. The monoisotopic (exact) mass is 831 g/mol. The third kappa shape index (κ3) is 6.57. The molecule has 65 heavy (non-hydrogen) atoms. The van der Waals surface area contributed by atoms with Crippen molar-refractivity contribution < 1.29 is 4.74 Å². The molecule has 1 aliphatic heterocycles. The summed E-state index contributed by atoms with van der Waals surface area (Å²) in [5.74, 6) is 1.69. The average Bonchev–Trinajstić information content (AvgIpc) is 3.49. The first-order valence-corrected chi connectivity index (χ1v) is 22.5. The summed E-state index contributed by atoms with van der Waals surface area (Å²) in [7, 11) is 0. The Morgan fingerprint density at radius 2 is 0.785 bits per heavy atom. The Balaban J connectivity index is 0.984. The Morgan fingerprint density at radius 1 is 0.308 bits per heavy atom. The summed E-state index contributed by atoms with van der Waals surface area (Å²) < 4.78 is 7.22. The molecule has 1 heterocycles. The summed E-state index contributed by atoms with van der Waals surface area (Å²) in [6, 6.07) is 85.6. The van der Waals surface area contributed by atoms with Crippen LogP contribution in [0.2, 0.25) is 0 Å². The maximum Gasteiger partial charge on any atom is 0.143 e. The van der Waals surface area contributed by atoms with E-state index in [1.807, 2.05) is 0 Å². The van der Waals surface area contributed by atoms with Gasteiger partial charge in [0, 0.05) is 39.2 Å². The van der Waals surface area contributed by atoms with E-state index in [2.05, 4.69) is 255 Å². The maximum atomic E-state index is 7.22. The van der Waals surface area contributed by atoms with Crippen LogP contribution in [-0.4, -0.2) is 0 Å². The van der Waals surface area contributed by atoms with Crippen molar-refractivity contribution in [3.8, 4) is 89.4 Å². The molecule has 2 aliphatic rings. The van der Waals surface area contributed by atoms with E-state index >= 15 is 0 Å². The van der Waals surface area contributed by atoms with Gasteiger partial charge in [-0.3, -0.25) is 0 Å². The number of hydrogen-bond donors (Lipinski definition) is 0. The molecule has 0 bridgehead atoms. The second-order valence-corrected chi connectivity index (χ2v) is 17.7. The van der Waals surface area contributed by atoms with E-state index in [1.54, 1.807) is 0 Å². The summed E-state index contributed by atoms with van der Waals surface area (Å²) >= 11 is 0. The lowest BCUT2D eigenvalue weighted by Crippen LogP contribution is -2.16. The second-order valence-electron chi connectivity index (χ2n) is 17.7. The van der Waals surface area contributed by atoms with Crippen LogP contribution in [0, 0.1) is 0 Å². The van der Waals surface area contributed by atoms with Gasteiger partial charge in [-0.1, -0.05) is 202 Å². The zero-order valence-electron chi connectivity index (χ0n) is 36.4. The Hall–Kier alpha value is -8.20. The normalized spacial score (nSPS) is 12.7.